The minimum absolute atomic E-state index is 0.0593. The molecule has 1 saturated heterocycles. The summed E-state index contributed by atoms with van der Waals surface area (Å²) in [6, 6.07) is 0.347. The first-order valence-electron chi connectivity index (χ1n) is 9.08. The smallest absolute Gasteiger partial charge is 0.227 e. The van der Waals surface area contributed by atoms with Crippen LogP contribution in [0.2, 0.25) is 0 Å². The third-order valence-corrected chi connectivity index (χ3v) is 6.06. The van der Waals surface area contributed by atoms with Gasteiger partial charge in [0.05, 0.1) is 12.5 Å². The minimum atomic E-state index is -0.0593. The first kappa shape index (κ1) is 17.4. The van der Waals surface area contributed by atoms with E-state index in [9.17, 15) is 9.59 Å². The number of piperidine rings is 1. The summed E-state index contributed by atoms with van der Waals surface area (Å²) >= 11 is 1.57. The summed E-state index contributed by atoms with van der Waals surface area (Å²) in [6.45, 7) is 1.16. The second kappa shape index (κ2) is 8.10. The van der Waals surface area contributed by atoms with Crippen molar-refractivity contribution in [1.82, 2.24) is 14.8 Å². The van der Waals surface area contributed by atoms with Crippen molar-refractivity contribution in [3.05, 3.63) is 16.6 Å². The molecule has 5 nitrogen and oxygen atoms in total. The van der Waals surface area contributed by atoms with E-state index in [0.29, 0.717) is 32.0 Å². The fourth-order valence-corrected chi connectivity index (χ4v) is 4.59. The van der Waals surface area contributed by atoms with E-state index < -0.39 is 0 Å². The lowest BCUT2D eigenvalue weighted by Gasteiger charge is -2.38. The van der Waals surface area contributed by atoms with Crippen LogP contribution in [0, 0.1) is 5.92 Å². The van der Waals surface area contributed by atoms with Crippen LogP contribution >= 0.6 is 11.3 Å². The zero-order valence-corrected chi connectivity index (χ0v) is 15.3. The molecule has 1 saturated carbocycles. The number of nitrogens with zero attached hydrogens (tertiary/aromatic N) is 3. The van der Waals surface area contributed by atoms with Gasteiger partial charge in [-0.15, -0.1) is 11.3 Å². The largest absolute Gasteiger partial charge is 0.339 e. The Hall–Kier alpha value is -1.43. The molecule has 0 unspecified atom stereocenters. The normalized spacial score (nSPS) is 23.1. The summed E-state index contributed by atoms with van der Waals surface area (Å²) in [5.74, 6) is 0.334. The molecule has 0 radical (unpaired) electrons. The van der Waals surface area contributed by atoms with E-state index >= 15 is 0 Å². The summed E-state index contributed by atoms with van der Waals surface area (Å²) < 4.78 is 0. The summed E-state index contributed by atoms with van der Waals surface area (Å²) in [4.78, 5) is 33.2. The van der Waals surface area contributed by atoms with Crippen LogP contribution in [0.3, 0.4) is 0 Å². The van der Waals surface area contributed by atoms with Crippen LogP contribution in [0.25, 0.3) is 0 Å². The van der Waals surface area contributed by atoms with Gasteiger partial charge in [-0.2, -0.15) is 0 Å². The Morgan fingerprint density at radius 3 is 2.71 bits per heavy atom. The number of thiazole rings is 1. The molecule has 132 valence electrons. The molecule has 6 heteroatoms. The first-order valence-corrected chi connectivity index (χ1v) is 9.96. The molecule has 1 atom stereocenters. The van der Waals surface area contributed by atoms with E-state index in [1.807, 2.05) is 17.3 Å². The maximum Gasteiger partial charge on any atom is 0.227 e. The van der Waals surface area contributed by atoms with Crippen molar-refractivity contribution >= 4 is 23.2 Å². The Morgan fingerprint density at radius 2 is 2.04 bits per heavy atom. The summed E-state index contributed by atoms with van der Waals surface area (Å²) in [7, 11) is 1.84. The van der Waals surface area contributed by atoms with Gasteiger partial charge in [0, 0.05) is 37.6 Å². The predicted octanol–water partition coefficient (Wildman–Crippen LogP) is 3.06. The molecular weight excluding hydrogens is 322 g/mol. The van der Waals surface area contributed by atoms with Gasteiger partial charge in [0.2, 0.25) is 11.8 Å². The zero-order chi connectivity index (χ0) is 16.9. The molecule has 0 bridgehead atoms. The Kier molecular flexibility index (Phi) is 5.87. The number of carbonyl (C=O) groups excluding carboxylic acids is 2. The quantitative estimate of drug-likeness (QED) is 0.785. The van der Waals surface area contributed by atoms with Gasteiger partial charge in [0.15, 0.2) is 0 Å². The third-order valence-electron chi connectivity index (χ3n) is 5.29. The molecule has 1 aromatic rings. The first-order chi connectivity index (χ1) is 11.6. The van der Waals surface area contributed by atoms with Gasteiger partial charge >= 0.3 is 0 Å². The lowest BCUT2D eigenvalue weighted by molar-refractivity contribution is -0.144. The zero-order valence-electron chi connectivity index (χ0n) is 14.4. The van der Waals surface area contributed by atoms with E-state index in [-0.39, 0.29) is 17.7 Å². The molecule has 1 aliphatic heterocycles. The van der Waals surface area contributed by atoms with Gasteiger partial charge < -0.3 is 9.80 Å². The average molecular weight is 350 g/mol. The lowest BCUT2D eigenvalue weighted by Crippen LogP contribution is -2.50. The highest BCUT2D eigenvalue weighted by molar-refractivity contribution is 7.09. The van der Waals surface area contributed by atoms with Gasteiger partial charge in [0.25, 0.3) is 0 Å². The maximum absolute atomic E-state index is 12.8. The van der Waals surface area contributed by atoms with Crippen LogP contribution in [0.15, 0.2) is 11.6 Å². The topological polar surface area (TPSA) is 53.5 Å². The molecular formula is C18H27N3O2S. The van der Waals surface area contributed by atoms with Crippen molar-refractivity contribution in [2.45, 2.75) is 64.0 Å². The standard InChI is InChI=1S/C18H27N3O2S/c1-20(13-16-19-10-11-24-16)18(23)14-8-9-17(22)21(12-14)15-6-4-2-3-5-7-15/h10-11,14-15H,2-9,12-13H2,1H3/t14-/m1/s1. The summed E-state index contributed by atoms with van der Waals surface area (Å²) in [5.41, 5.74) is 0. The molecule has 0 N–H and O–H groups in total. The second-order valence-corrected chi connectivity index (χ2v) is 8.03. The van der Waals surface area contributed by atoms with Gasteiger partial charge in [-0.25, -0.2) is 4.98 Å². The van der Waals surface area contributed by atoms with Gasteiger partial charge in [-0.1, -0.05) is 25.7 Å². The Morgan fingerprint density at radius 1 is 1.29 bits per heavy atom. The van der Waals surface area contributed by atoms with Gasteiger partial charge in [-0.05, 0) is 19.3 Å². The molecule has 0 spiro atoms. The Bertz CT molecular complexity index is 553. The van der Waals surface area contributed by atoms with Crippen molar-refractivity contribution in [2.24, 2.45) is 5.92 Å². The number of aromatic nitrogens is 1. The van der Waals surface area contributed by atoms with Crippen molar-refractivity contribution in [1.29, 1.82) is 0 Å². The van der Waals surface area contributed by atoms with Crippen molar-refractivity contribution < 1.29 is 9.59 Å². The number of hydrogen-bond acceptors (Lipinski definition) is 4. The van der Waals surface area contributed by atoms with E-state index in [1.54, 1.807) is 22.4 Å². The highest BCUT2D eigenvalue weighted by Gasteiger charge is 2.35. The maximum atomic E-state index is 12.8. The second-order valence-electron chi connectivity index (χ2n) is 7.05. The van der Waals surface area contributed by atoms with Crippen LogP contribution in [0.5, 0.6) is 0 Å². The number of amides is 2. The third kappa shape index (κ3) is 4.15. The molecule has 2 amide bonds. The molecule has 2 heterocycles. The van der Waals surface area contributed by atoms with Crippen LogP contribution < -0.4 is 0 Å². The Labute approximate surface area is 148 Å². The SMILES string of the molecule is CN(Cc1nccs1)C(=O)[C@@H]1CCC(=O)N(C2CCCCCC2)C1. The van der Waals surface area contributed by atoms with E-state index in [2.05, 4.69) is 4.98 Å². The number of rotatable bonds is 4. The van der Waals surface area contributed by atoms with Crippen LogP contribution in [-0.2, 0) is 16.1 Å². The number of hydrogen-bond donors (Lipinski definition) is 0. The Balaban J connectivity index is 1.61. The molecule has 1 aliphatic carbocycles. The predicted molar refractivity (Wildman–Crippen MR) is 94.5 cm³/mol. The van der Waals surface area contributed by atoms with E-state index in [1.165, 1.54) is 25.7 Å². The van der Waals surface area contributed by atoms with Gasteiger partial charge in [-0.3, -0.25) is 9.59 Å². The molecule has 3 rings (SSSR count). The van der Waals surface area contributed by atoms with E-state index in [4.69, 9.17) is 0 Å². The highest BCUT2D eigenvalue weighted by atomic mass is 32.1. The molecule has 1 aromatic heterocycles. The van der Waals surface area contributed by atoms with Crippen LogP contribution in [0.4, 0.5) is 0 Å². The van der Waals surface area contributed by atoms with Crippen LogP contribution in [-0.4, -0.2) is 46.2 Å². The summed E-state index contributed by atoms with van der Waals surface area (Å²) in [6.07, 6.45) is 10.1. The van der Waals surface area contributed by atoms with E-state index in [0.717, 1.165) is 17.8 Å². The van der Waals surface area contributed by atoms with Crippen LogP contribution in [0.1, 0.15) is 56.4 Å². The minimum Gasteiger partial charge on any atom is -0.339 e. The highest BCUT2D eigenvalue weighted by Crippen LogP contribution is 2.28. The monoisotopic (exact) mass is 349 g/mol. The average Bonchev–Trinajstić information content (AvgIpc) is 2.94. The molecule has 0 aromatic carbocycles. The number of likely N-dealkylation sites (tertiary alicyclic amines) is 1. The van der Waals surface area contributed by atoms with Crippen molar-refractivity contribution in [3.63, 3.8) is 0 Å². The fourth-order valence-electron chi connectivity index (χ4n) is 3.92. The molecule has 2 fully saturated rings. The van der Waals surface area contributed by atoms with Gasteiger partial charge in [0.1, 0.15) is 5.01 Å². The molecule has 24 heavy (non-hydrogen) atoms. The summed E-state index contributed by atoms with van der Waals surface area (Å²) in [5, 5.41) is 2.89. The van der Waals surface area contributed by atoms with Crippen molar-refractivity contribution in [3.8, 4) is 0 Å². The fraction of sp³-hybridized carbons (Fsp3) is 0.722. The number of carbonyl (C=O) groups is 2. The molecule has 2 aliphatic rings. The lowest BCUT2D eigenvalue weighted by atomic mass is 9.93. The van der Waals surface area contributed by atoms with Crippen molar-refractivity contribution in [2.75, 3.05) is 13.6 Å².